The minimum atomic E-state index is -3.51. The molecule has 8 heteroatoms. The number of anilines is 2. The summed E-state index contributed by atoms with van der Waals surface area (Å²) in [4.78, 5) is 10.0. The molecule has 0 unspecified atom stereocenters. The van der Waals surface area contributed by atoms with E-state index in [-0.39, 0.29) is 4.90 Å². The molecule has 2 aromatic heterocycles. The molecule has 0 saturated heterocycles. The highest BCUT2D eigenvalue weighted by molar-refractivity contribution is 7.89. The Balaban J connectivity index is 1.64. The van der Waals surface area contributed by atoms with Gasteiger partial charge in [-0.25, -0.2) is 23.1 Å². The molecule has 27 heavy (non-hydrogen) atoms. The van der Waals surface area contributed by atoms with Crippen molar-refractivity contribution in [2.24, 2.45) is 0 Å². The smallest absolute Gasteiger partial charge is 0.240 e. The van der Waals surface area contributed by atoms with E-state index in [0.29, 0.717) is 11.6 Å². The van der Waals surface area contributed by atoms with Crippen molar-refractivity contribution in [2.75, 3.05) is 12.4 Å². The Bertz CT molecular complexity index is 1190. The molecule has 136 valence electrons. The third kappa shape index (κ3) is 3.68. The molecule has 0 saturated carbocycles. The fourth-order valence-electron chi connectivity index (χ4n) is 2.65. The van der Waals surface area contributed by atoms with E-state index in [1.807, 2.05) is 18.2 Å². The first-order valence-electron chi connectivity index (χ1n) is 8.18. The van der Waals surface area contributed by atoms with Gasteiger partial charge in [0, 0.05) is 16.6 Å². The Morgan fingerprint density at radius 2 is 1.85 bits per heavy atom. The van der Waals surface area contributed by atoms with Gasteiger partial charge in [-0.1, -0.05) is 24.3 Å². The maximum atomic E-state index is 12.0. The summed E-state index contributed by atoms with van der Waals surface area (Å²) in [6.07, 6.45) is 1.68. The number of sulfonamides is 1. The van der Waals surface area contributed by atoms with E-state index in [4.69, 9.17) is 0 Å². The van der Waals surface area contributed by atoms with Crippen LogP contribution in [0.5, 0.6) is 0 Å². The average Bonchev–Trinajstić information content (AvgIpc) is 3.13. The topological polar surface area (TPSA) is 84.0 Å². The predicted molar refractivity (Wildman–Crippen MR) is 109 cm³/mol. The zero-order valence-electron chi connectivity index (χ0n) is 14.4. The third-order valence-electron chi connectivity index (χ3n) is 4.00. The molecule has 0 aliphatic carbocycles. The summed E-state index contributed by atoms with van der Waals surface area (Å²) in [6, 6.07) is 18.7. The van der Waals surface area contributed by atoms with E-state index in [2.05, 4.69) is 38.2 Å². The number of nitrogens with one attached hydrogen (secondary N) is 2. The van der Waals surface area contributed by atoms with E-state index in [1.54, 1.807) is 35.7 Å². The Kier molecular flexibility index (Phi) is 4.61. The van der Waals surface area contributed by atoms with Gasteiger partial charge in [0.1, 0.15) is 0 Å². The highest BCUT2D eigenvalue weighted by Gasteiger charge is 2.12. The van der Waals surface area contributed by atoms with Crippen molar-refractivity contribution in [1.82, 2.24) is 14.7 Å². The van der Waals surface area contributed by atoms with Crippen molar-refractivity contribution in [3.8, 4) is 10.6 Å². The van der Waals surface area contributed by atoms with Gasteiger partial charge in [0.25, 0.3) is 0 Å². The number of hydrogen-bond acceptors (Lipinski definition) is 6. The lowest BCUT2D eigenvalue weighted by Crippen LogP contribution is -2.18. The average molecular weight is 396 g/mol. The molecule has 4 aromatic rings. The van der Waals surface area contributed by atoms with Crippen LogP contribution in [0.3, 0.4) is 0 Å². The molecule has 0 bridgehead atoms. The molecule has 2 N–H and O–H groups in total. The molecule has 0 aliphatic heterocycles. The van der Waals surface area contributed by atoms with E-state index < -0.39 is 10.0 Å². The van der Waals surface area contributed by atoms with Gasteiger partial charge in [-0.3, -0.25) is 0 Å². The maximum absolute atomic E-state index is 12.0. The van der Waals surface area contributed by atoms with Gasteiger partial charge in [0.2, 0.25) is 16.0 Å². The molecular formula is C19H16N4O2S2. The normalized spacial score (nSPS) is 11.6. The monoisotopic (exact) mass is 396 g/mol. The van der Waals surface area contributed by atoms with Crippen LogP contribution in [0.15, 0.2) is 71.8 Å². The zero-order valence-corrected chi connectivity index (χ0v) is 16.0. The minimum Gasteiger partial charge on any atom is -0.324 e. The Morgan fingerprint density at radius 3 is 2.67 bits per heavy atom. The van der Waals surface area contributed by atoms with Crippen LogP contribution in [0.2, 0.25) is 0 Å². The molecule has 0 aliphatic rings. The Labute approximate surface area is 161 Å². The highest BCUT2D eigenvalue weighted by Crippen LogP contribution is 2.32. The summed E-state index contributed by atoms with van der Waals surface area (Å²) in [7, 11) is -2.13. The summed E-state index contributed by atoms with van der Waals surface area (Å²) < 4.78 is 27.4. The van der Waals surface area contributed by atoms with Crippen LogP contribution in [-0.4, -0.2) is 25.4 Å². The van der Waals surface area contributed by atoms with Crippen molar-refractivity contribution in [2.45, 2.75) is 4.90 Å². The lowest BCUT2D eigenvalue weighted by Gasteiger charge is -2.08. The first-order chi connectivity index (χ1) is 13.0. The van der Waals surface area contributed by atoms with Crippen LogP contribution in [0.4, 0.5) is 11.6 Å². The molecule has 0 amide bonds. The SMILES string of the molecule is CNS(=O)(=O)c1cccc(Nc2nccc(-c3cc4ccccc4s3)n2)c1. The Hall–Kier alpha value is -2.81. The van der Waals surface area contributed by atoms with Gasteiger partial charge < -0.3 is 5.32 Å². The van der Waals surface area contributed by atoms with Crippen LogP contribution in [0.1, 0.15) is 0 Å². The second kappa shape index (κ2) is 7.07. The van der Waals surface area contributed by atoms with E-state index in [1.165, 1.54) is 23.2 Å². The van der Waals surface area contributed by atoms with Crippen LogP contribution < -0.4 is 10.0 Å². The van der Waals surface area contributed by atoms with Crippen LogP contribution >= 0.6 is 11.3 Å². The van der Waals surface area contributed by atoms with Crippen LogP contribution in [-0.2, 0) is 10.0 Å². The van der Waals surface area contributed by atoms with Crippen LogP contribution in [0, 0.1) is 0 Å². The first kappa shape index (κ1) is 17.6. The van der Waals surface area contributed by atoms with Crippen molar-refractivity contribution >= 4 is 43.1 Å². The number of aromatic nitrogens is 2. The van der Waals surface area contributed by atoms with Crippen molar-refractivity contribution < 1.29 is 8.42 Å². The minimum absolute atomic E-state index is 0.177. The zero-order chi connectivity index (χ0) is 18.9. The lowest BCUT2D eigenvalue weighted by atomic mass is 10.2. The number of hydrogen-bond donors (Lipinski definition) is 2. The predicted octanol–water partition coefficient (Wildman–Crippen LogP) is 4.01. The second-order valence-corrected chi connectivity index (χ2v) is 8.74. The van der Waals surface area contributed by atoms with Gasteiger partial charge in [-0.05, 0) is 48.8 Å². The molecule has 2 heterocycles. The van der Waals surface area contributed by atoms with Gasteiger partial charge in [-0.2, -0.15) is 0 Å². The lowest BCUT2D eigenvalue weighted by molar-refractivity contribution is 0.588. The maximum Gasteiger partial charge on any atom is 0.240 e. The Morgan fingerprint density at radius 1 is 1.00 bits per heavy atom. The fraction of sp³-hybridized carbons (Fsp3) is 0.0526. The van der Waals surface area contributed by atoms with Gasteiger partial charge in [0.05, 0.1) is 15.5 Å². The summed E-state index contributed by atoms with van der Waals surface area (Å²) in [6.45, 7) is 0. The van der Waals surface area contributed by atoms with Gasteiger partial charge in [0.15, 0.2) is 0 Å². The molecular weight excluding hydrogens is 380 g/mol. The number of nitrogens with zero attached hydrogens (tertiary/aromatic N) is 2. The molecule has 0 radical (unpaired) electrons. The third-order valence-corrected chi connectivity index (χ3v) is 6.55. The van der Waals surface area contributed by atoms with Crippen LogP contribution in [0.25, 0.3) is 20.7 Å². The van der Waals surface area contributed by atoms with E-state index in [9.17, 15) is 8.42 Å². The standard InChI is InChI=1S/C19H16N4O2S2/c1-20-27(24,25)15-7-4-6-14(12-15)22-19-21-10-9-16(23-19)18-11-13-5-2-3-8-17(13)26-18/h2-12,20H,1H3,(H,21,22,23). The molecule has 2 aromatic carbocycles. The molecule has 0 fully saturated rings. The van der Waals surface area contributed by atoms with Crippen molar-refractivity contribution in [1.29, 1.82) is 0 Å². The molecule has 6 nitrogen and oxygen atoms in total. The van der Waals surface area contributed by atoms with Crippen molar-refractivity contribution in [3.63, 3.8) is 0 Å². The highest BCUT2D eigenvalue weighted by atomic mass is 32.2. The summed E-state index contributed by atoms with van der Waals surface area (Å²) >= 11 is 1.67. The number of rotatable bonds is 5. The van der Waals surface area contributed by atoms with Crippen molar-refractivity contribution in [3.05, 3.63) is 66.9 Å². The quantitative estimate of drug-likeness (QED) is 0.532. The van der Waals surface area contributed by atoms with Gasteiger partial charge >= 0.3 is 0 Å². The largest absolute Gasteiger partial charge is 0.324 e. The number of thiophene rings is 1. The summed E-state index contributed by atoms with van der Waals surface area (Å²) in [5, 5.41) is 4.25. The molecule has 4 rings (SSSR count). The summed E-state index contributed by atoms with van der Waals surface area (Å²) in [5.41, 5.74) is 1.41. The van der Waals surface area contributed by atoms with E-state index >= 15 is 0 Å². The molecule has 0 atom stereocenters. The fourth-order valence-corrected chi connectivity index (χ4v) is 4.46. The van der Waals surface area contributed by atoms with Gasteiger partial charge in [-0.15, -0.1) is 11.3 Å². The first-order valence-corrected chi connectivity index (χ1v) is 10.5. The number of benzene rings is 2. The number of fused-ring (bicyclic) bond motifs is 1. The van der Waals surface area contributed by atoms with E-state index in [0.717, 1.165) is 10.6 Å². The summed E-state index contributed by atoms with van der Waals surface area (Å²) in [5.74, 6) is 0.406. The molecule has 0 spiro atoms. The second-order valence-electron chi connectivity index (χ2n) is 5.77.